The Kier molecular flexibility index (Phi) is 17.2. The Morgan fingerprint density at radius 3 is 2.38 bits per heavy atom. The first kappa shape index (κ1) is 54.1. The molecular formula is C56H64ClFN6O8SSi. The number of nitrogens with zero attached hydrogens (tertiary/aromatic N) is 6. The fourth-order valence-electron chi connectivity index (χ4n) is 8.41. The molecule has 2 atom stereocenters. The SMILES string of the molecule is CCOC(=O)[C@@H](Cc1cc(O[Si](C)(C)C(C)(C)C)ccc1OCc1ccnc(-c2ccccc2OC)n1)Oc1ncnc2sc(-c3ccc(F)cc3)c(-c3ccc(O[C@@H](CO)CN4CCN(C)CC4)c(Cl)c3C)c12. The third-order valence-corrected chi connectivity index (χ3v) is 19.6. The van der Waals surface area contributed by atoms with Gasteiger partial charge in [-0.1, -0.05) is 62.7 Å². The second-order valence-electron chi connectivity index (χ2n) is 19.8. The summed E-state index contributed by atoms with van der Waals surface area (Å²) in [6.07, 6.45) is 1.31. The van der Waals surface area contributed by atoms with Gasteiger partial charge < -0.3 is 38.1 Å². The summed E-state index contributed by atoms with van der Waals surface area (Å²) < 4.78 is 52.4. The van der Waals surface area contributed by atoms with Crippen LogP contribution in [0.2, 0.25) is 23.2 Å². The van der Waals surface area contributed by atoms with Gasteiger partial charge in [-0.2, -0.15) is 0 Å². The Morgan fingerprint density at radius 2 is 1.66 bits per heavy atom. The largest absolute Gasteiger partial charge is 0.543 e. The Labute approximate surface area is 442 Å². The van der Waals surface area contributed by atoms with Crippen LogP contribution < -0.4 is 23.4 Å². The van der Waals surface area contributed by atoms with Gasteiger partial charge in [0.2, 0.25) is 20.3 Å². The summed E-state index contributed by atoms with van der Waals surface area (Å²) in [7, 11) is 1.37. The second-order valence-corrected chi connectivity index (χ2v) is 25.9. The van der Waals surface area contributed by atoms with Gasteiger partial charge >= 0.3 is 5.97 Å². The molecule has 0 unspecified atom stereocenters. The van der Waals surface area contributed by atoms with Crippen molar-refractivity contribution in [2.45, 2.75) is 78.0 Å². The number of esters is 1. The summed E-state index contributed by atoms with van der Waals surface area (Å²) >= 11 is 8.59. The molecule has 1 aliphatic rings. The number of fused-ring (bicyclic) bond motifs is 1. The Hall–Kier alpha value is -6.21. The number of thiophene rings is 1. The maximum absolute atomic E-state index is 14.5. The minimum absolute atomic E-state index is 0.00800. The van der Waals surface area contributed by atoms with Crippen molar-refractivity contribution in [3.8, 4) is 61.8 Å². The highest BCUT2D eigenvalue weighted by Gasteiger charge is 2.39. The second kappa shape index (κ2) is 23.6. The van der Waals surface area contributed by atoms with Crippen molar-refractivity contribution in [3.05, 3.63) is 125 Å². The number of aliphatic hydroxyl groups excluding tert-OH is 1. The van der Waals surface area contributed by atoms with E-state index in [0.29, 0.717) is 78.6 Å². The van der Waals surface area contributed by atoms with Crippen molar-refractivity contribution >= 4 is 47.4 Å². The van der Waals surface area contributed by atoms with E-state index in [9.17, 15) is 14.3 Å². The van der Waals surface area contributed by atoms with Crippen LogP contribution in [0.5, 0.6) is 28.9 Å². The van der Waals surface area contributed by atoms with Crippen LogP contribution in [0.3, 0.4) is 0 Å². The third-order valence-electron chi connectivity index (χ3n) is 13.6. The van der Waals surface area contributed by atoms with Gasteiger partial charge in [0.25, 0.3) is 0 Å². The molecule has 4 aromatic carbocycles. The van der Waals surface area contributed by atoms with E-state index in [0.717, 1.165) is 42.2 Å². The van der Waals surface area contributed by atoms with Crippen molar-refractivity contribution in [3.63, 3.8) is 0 Å². The number of aliphatic hydroxyl groups is 1. The molecule has 0 amide bonds. The molecule has 3 aromatic heterocycles. The molecule has 4 heterocycles. The molecular weight excluding hydrogens is 999 g/mol. The van der Waals surface area contributed by atoms with E-state index in [1.54, 1.807) is 44.5 Å². The van der Waals surface area contributed by atoms with Gasteiger partial charge in [0.1, 0.15) is 52.7 Å². The summed E-state index contributed by atoms with van der Waals surface area (Å²) in [5.41, 5.74) is 4.76. The summed E-state index contributed by atoms with van der Waals surface area (Å²) in [6.45, 7) is 18.6. The van der Waals surface area contributed by atoms with Crippen LogP contribution in [-0.4, -0.2) is 121 Å². The highest BCUT2D eigenvalue weighted by atomic mass is 35.5. The lowest BCUT2D eigenvalue weighted by Gasteiger charge is -2.36. The number of carbonyl (C=O) groups is 1. The molecule has 14 nitrogen and oxygen atoms in total. The highest BCUT2D eigenvalue weighted by molar-refractivity contribution is 7.22. The monoisotopic (exact) mass is 1060 g/mol. The number of ether oxygens (including phenoxy) is 5. The van der Waals surface area contributed by atoms with Gasteiger partial charge in [-0.15, -0.1) is 11.3 Å². The van der Waals surface area contributed by atoms with Gasteiger partial charge in [-0.3, -0.25) is 4.90 Å². The molecule has 1 fully saturated rings. The molecule has 0 bridgehead atoms. The third kappa shape index (κ3) is 12.5. The number of hydrogen-bond donors (Lipinski definition) is 1. The van der Waals surface area contributed by atoms with Crippen LogP contribution in [0.25, 0.3) is 43.2 Å². The number of piperazine rings is 1. The van der Waals surface area contributed by atoms with Gasteiger partial charge in [-0.25, -0.2) is 29.1 Å². The average Bonchev–Trinajstić information content (AvgIpc) is 3.77. The Morgan fingerprint density at radius 1 is 0.919 bits per heavy atom. The van der Waals surface area contributed by atoms with E-state index in [2.05, 4.69) is 55.7 Å². The van der Waals surface area contributed by atoms with E-state index < -0.39 is 26.5 Å². The lowest BCUT2D eigenvalue weighted by molar-refractivity contribution is -0.151. The summed E-state index contributed by atoms with van der Waals surface area (Å²) in [5.74, 6) is 1.77. The van der Waals surface area contributed by atoms with Crippen molar-refractivity contribution in [1.82, 2.24) is 29.7 Å². The summed E-state index contributed by atoms with van der Waals surface area (Å²) in [6, 6.07) is 24.9. The zero-order valence-corrected chi connectivity index (χ0v) is 46.0. The smallest absolute Gasteiger partial charge is 0.347 e. The highest BCUT2D eigenvalue weighted by Crippen LogP contribution is 2.50. The fourth-order valence-corrected chi connectivity index (χ4v) is 10.8. The molecule has 1 N–H and O–H groups in total. The Bertz CT molecular complexity index is 3080. The van der Waals surface area contributed by atoms with Crippen molar-refractivity contribution in [2.75, 3.05) is 60.1 Å². The van der Waals surface area contributed by atoms with E-state index in [4.69, 9.17) is 54.7 Å². The summed E-state index contributed by atoms with van der Waals surface area (Å²) in [4.78, 5) is 38.9. The molecule has 8 rings (SSSR count). The Balaban J connectivity index is 1.18. The maximum Gasteiger partial charge on any atom is 0.347 e. The molecule has 1 saturated heterocycles. The first-order valence-electron chi connectivity index (χ1n) is 24.7. The number of aromatic nitrogens is 4. The number of carbonyl (C=O) groups excluding carboxylic acids is 1. The minimum Gasteiger partial charge on any atom is -0.543 e. The van der Waals surface area contributed by atoms with Gasteiger partial charge in [0, 0.05) is 61.3 Å². The normalized spacial score (nSPS) is 14.4. The predicted octanol–water partition coefficient (Wildman–Crippen LogP) is 11.1. The van der Waals surface area contributed by atoms with Crippen molar-refractivity contribution in [2.24, 2.45) is 0 Å². The lowest BCUT2D eigenvalue weighted by Crippen LogP contribution is -2.48. The van der Waals surface area contributed by atoms with Crippen LogP contribution in [-0.2, 0) is 22.6 Å². The van der Waals surface area contributed by atoms with Crippen LogP contribution in [0.15, 0.2) is 97.5 Å². The number of halogens is 2. The molecule has 0 aliphatic carbocycles. The topological polar surface area (TPSA) is 151 Å². The fraction of sp³-hybridized carbons (Fsp3) is 0.375. The van der Waals surface area contributed by atoms with Crippen molar-refractivity contribution in [1.29, 1.82) is 0 Å². The summed E-state index contributed by atoms with van der Waals surface area (Å²) in [5, 5.41) is 11.2. The molecule has 74 heavy (non-hydrogen) atoms. The van der Waals surface area contributed by atoms with E-state index >= 15 is 0 Å². The number of rotatable bonds is 20. The maximum atomic E-state index is 14.5. The number of para-hydroxylation sites is 1. The minimum atomic E-state index is -2.33. The van der Waals surface area contributed by atoms with Gasteiger partial charge in [0.15, 0.2) is 5.82 Å². The molecule has 0 spiro atoms. The standard InChI is InChI=1S/C56H64ClFN6O8SSi/c1-10-68-55(66)47(30-37-29-40(72-74(8,9)56(3,4)5)19-21-44(37)69-33-39-23-24-59-52(62-39)43-13-11-12-14-45(43)67-7)71-53-49-48(51(73-54(49)61-34-60-53)36-15-17-38(58)18-16-36)42-20-22-46(50(57)35(42)2)70-41(32-65)31-64-27-25-63(6)26-28-64/h11-24,29,34,41,47,65H,10,25-28,30-33H2,1-9H3/t41-,47-/m1/s1. The van der Waals surface area contributed by atoms with E-state index in [1.807, 2.05) is 55.5 Å². The molecule has 18 heteroatoms. The zero-order chi connectivity index (χ0) is 52.7. The van der Waals surface area contributed by atoms with Crippen LogP contribution in [0.1, 0.15) is 44.5 Å². The molecule has 0 radical (unpaired) electrons. The average molecular weight is 1060 g/mol. The molecule has 390 valence electrons. The van der Waals surface area contributed by atoms with Crippen LogP contribution >= 0.6 is 22.9 Å². The van der Waals surface area contributed by atoms with Crippen LogP contribution in [0.4, 0.5) is 4.39 Å². The number of hydrogen-bond acceptors (Lipinski definition) is 15. The van der Waals surface area contributed by atoms with Gasteiger partial charge in [-0.05, 0) is 110 Å². The van der Waals surface area contributed by atoms with Gasteiger partial charge in [0.05, 0.1) is 42.0 Å². The van der Waals surface area contributed by atoms with E-state index in [1.165, 1.54) is 29.8 Å². The quantitative estimate of drug-likeness (QED) is 0.0569. The molecule has 1 aliphatic heterocycles. The number of methoxy groups -OCH3 is 1. The van der Waals surface area contributed by atoms with Crippen LogP contribution in [0, 0.1) is 12.7 Å². The number of benzene rings is 4. The van der Waals surface area contributed by atoms with Crippen molar-refractivity contribution < 1.29 is 42.4 Å². The molecule has 7 aromatic rings. The first-order chi connectivity index (χ1) is 35.5. The first-order valence-corrected chi connectivity index (χ1v) is 28.8. The lowest BCUT2D eigenvalue weighted by atomic mass is 9.96. The zero-order valence-electron chi connectivity index (χ0n) is 43.4. The number of likely N-dealkylation sites (N-methyl/N-ethyl adjacent to an activating group) is 1. The molecule has 0 saturated carbocycles. The predicted molar refractivity (Wildman–Crippen MR) is 291 cm³/mol. The van der Waals surface area contributed by atoms with E-state index in [-0.39, 0.29) is 43.0 Å².